The largest absolute Gasteiger partial charge is 0.462 e. The number of carbonyl (C=O) groups excluding carboxylic acids is 3. The maximum Gasteiger partial charge on any atom is 0.341 e. The number of carbonyl (C=O) groups is 3. The van der Waals surface area contributed by atoms with Crippen LogP contribution in [0.25, 0.3) is 16.6 Å². The van der Waals surface area contributed by atoms with Gasteiger partial charge in [0.15, 0.2) is 5.16 Å². The van der Waals surface area contributed by atoms with Crippen LogP contribution in [0.2, 0.25) is 0 Å². The van der Waals surface area contributed by atoms with Gasteiger partial charge in [0, 0.05) is 5.69 Å². The first-order valence-electron chi connectivity index (χ1n) is 14.4. The average Bonchev–Trinajstić information content (AvgIpc) is 3.36. The number of hydrogen-bond acceptors (Lipinski definition) is 8. The van der Waals surface area contributed by atoms with Crippen molar-refractivity contribution < 1.29 is 19.1 Å². The van der Waals surface area contributed by atoms with Crippen molar-refractivity contribution in [1.29, 1.82) is 0 Å². The zero-order chi connectivity index (χ0) is 32.1. The monoisotopic (exact) mass is 640 g/mol. The summed E-state index contributed by atoms with van der Waals surface area (Å²) in [7, 11) is 0. The summed E-state index contributed by atoms with van der Waals surface area (Å²) in [5.74, 6) is -1.27. The van der Waals surface area contributed by atoms with E-state index in [1.165, 1.54) is 4.57 Å². The van der Waals surface area contributed by atoms with Crippen molar-refractivity contribution >= 4 is 62.5 Å². The molecular formula is C34H32N4O5S2. The molecule has 0 bridgehead atoms. The molecule has 2 amide bonds. The highest BCUT2D eigenvalue weighted by atomic mass is 32.2. The molecule has 0 spiro atoms. The van der Waals surface area contributed by atoms with Crippen LogP contribution in [0.4, 0.5) is 10.7 Å². The lowest BCUT2D eigenvalue weighted by atomic mass is 10.0. The predicted molar refractivity (Wildman–Crippen MR) is 180 cm³/mol. The van der Waals surface area contributed by atoms with Gasteiger partial charge in [-0.15, -0.1) is 11.3 Å². The molecule has 0 fully saturated rings. The van der Waals surface area contributed by atoms with Crippen LogP contribution in [-0.2, 0) is 9.53 Å². The zero-order valence-corrected chi connectivity index (χ0v) is 26.9. The van der Waals surface area contributed by atoms with Gasteiger partial charge in [0.25, 0.3) is 11.5 Å². The number of hydrogen-bond donors (Lipinski definition) is 2. The van der Waals surface area contributed by atoms with E-state index >= 15 is 0 Å². The molecule has 2 N–H and O–H groups in total. The molecule has 11 heteroatoms. The quantitative estimate of drug-likeness (QED) is 0.0955. The van der Waals surface area contributed by atoms with Crippen LogP contribution < -0.4 is 16.2 Å². The highest BCUT2D eigenvalue weighted by Gasteiger charge is 2.27. The second-order valence-corrected chi connectivity index (χ2v) is 12.4. The van der Waals surface area contributed by atoms with Crippen molar-refractivity contribution in [3.05, 3.63) is 111 Å². The standard InChI is InChI=1S/C34H32N4O5S2/c1-5-43-33(42)28-21(4)29(30(40)35-23-11-7-6-8-12-23)45-31(28)37-27(39)19-44-34-36-26-14-10-9-13-25(26)32(41)38(34)24-17-15-22(16-18-24)20(2)3/h6-18,20H,5,19H2,1-4H3,(H,35,40)(H,37,39). The van der Waals surface area contributed by atoms with E-state index in [2.05, 4.69) is 24.5 Å². The van der Waals surface area contributed by atoms with Gasteiger partial charge >= 0.3 is 5.97 Å². The molecule has 0 atom stereocenters. The summed E-state index contributed by atoms with van der Waals surface area (Å²) in [6.45, 7) is 7.66. The van der Waals surface area contributed by atoms with Crippen molar-refractivity contribution in [2.24, 2.45) is 0 Å². The molecule has 2 aromatic heterocycles. The van der Waals surface area contributed by atoms with Gasteiger partial charge in [0.2, 0.25) is 5.91 Å². The zero-order valence-electron chi connectivity index (χ0n) is 25.2. The Morgan fingerprint density at radius 1 is 0.956 bits per heavy atom. The number of esters is 1. The Hall–Kier alpha value is -4.74. The van der Waals surface area contributed by atoms with Crippen LogP contribution in [0.1, 0.15) is 57.8 Å². The lowest BCUT2D eigenvalue weighted by molar-refractivity contribution is -0.113. The molecule has 0 aliphatic rings. The van der Waals surface area contributed by atoms with Crippen molar-refractivity contribution in [2.75, 3.05) is 23.0 Å². The Balaban J connectivity index is 1.43. The van der Waals surface area contributed by atoms with Gasteiger partial charge in [-0.3, -0.25) is 19.0 Å². The topological polar surface area (TPSA) is 119 Å². The number of amides is 2. The fourth-order valence-electron chi connectivity index (χ4n) is 4.71. The number of benzene rings is 3. The number of ether oxygens (including phenoxy) is 1. The van der Waals surface area contributed by atoms with Gasteiger partial charge < -0.3 is 15.4 Å². The molecule has 0 radical (unpaired) electrons. The minimum Gasteiger partial charge on any atom is -0.462 e. The molecule has 9 nitrogen and oxygen atoms in total. The number of para-hydroxylation sites is 2. The fourth-order valence-corrected chi connectivity index (χ4v) is 6.63. The summed E-state index contributed by atoms with van der Waals surface area (Å²) in [5.41, 5.74) is 3.19. The van der Waals surface area contributed by atoms with Crippen LogP contribution in [0.5, 0.6) is 0 Å². The van der Waals surface area contributed by atoms with E-state index in [9.17, 15) is 19.2 Å². The lowest BCUT2D eigenvalue weighted by Gasteiger charge is -2.14. The van der Waals surface area contributed by atoms with Crippen LogP contribution in [0, 0.1) is 6.92 Å². The van der Waals surface area contributed by atoms with E-state index in [-0.39, 0.29) is 33.4 Å². The third-order valence-corrected chi connectivity index (χ3v) is 9.16. The van der Waals surface area contributed by atoms with E-state index in [0.29, 0.717) is 38.9 Å². The number of nitrogens with one attached hydrogen (secondary N) is 2. The third kappa shape index (κ3) is 7.00. The van der Waals surface area contributed by atoms with Crippen molar-refractivity contribution in [3.8, 4) is 5.69 Å². The number of aromatic nitrogens is 2. The minimum absolute atomic E-state index is 0.111. The second kappa shape index (κ2) is 13.9. The highest BCUT2D eigenvalue weighted by Crippen LogP contribution is 2.35. The average molecular weight is 641 g/mol. The van der Waals surface area contributed by atoms with Crippen molar-refractivity contribution in [1.82, 2.24) is 9.55 Å². The molecule has 5 aromatic rings. The Bertz CT molecular complexity index is 1930. The summed E-state index contributed by atoms with van der Waals surface area (Å²) in [4.78, 5) is 58.0. The van der Waals surface area contributed by atoms with Crippen molar-refractivity contribution in [3.63, 3.8) is 0 Å². The van der Waals surface area contributed by atoms with Gasteiger partial charge in [0.1, 0.15) is 5.00 Å². The molecule has 2 heterocycles. The van der Waals surface area contributed by atoms with Gasteiger partial charge in [-0.2, -0.15) is 0 Å². The molecular weight excluding hydrogens is 609 g/mol. The summed E-state index contributed by atoms with van der Waals surface area (Å²) in [6, 6.07) is 23.7. The Morgan fingerprint density at radius 2 is 1.64 bits per heavy atom. The van der Waals surface area contributed by atoms with Gasteiger partial charge in [-0.05, 0) is 67.3 Å². The molecule has 0 saturated carbocycles. The molecule has 45 heavy (non-hydrogen) atoms. The van der Waals surface area contributed by atoms with E-state index in [1.807, 2.05) is 30.3 Å². The molecule has 230 valence electrons. The molecule has 3 aromatic carbocycles. The normalized spacial score (nSPS) is 11.0. The van der Waals surface area contributed by atoms with Gasteiger partial charge in [-0.1, -0.05) is 68.1 Å². The maximum absolute atomic E-state index is 13.6. The van der Waals surface area contributed by atoms with E-state index in [0.717, 1.165) is 28.7 Å². The smallest absolute Gasteiger partial charge is 0.341 e. The first-order chi connectivity index (χ1) is 21.7. The first kappa shape index (κ1) is 31.7. The highest BCUT2D eigenvalue weighted by molar-refractivity contribution is 7.99. The Morgan fingerprint density at radius 3 is 2.33 bits per heavy atom. The van der Waals surface area contributed by atoms with Crippen molar-refractivity contribution in [2.45, 2.75) is 38.8 Å². The number of fused-ring (bicyclic) bond motifs is 1. The first-order valence-corrected chi connectivity index (χ1v) is 16.2. The number of rotatable bonds is 10. The summed E-state index contributed by atoms with van der Waals surface area (Å²) >= 11 is 2.10. The van der Waals surface area contributed by atoms with E-state index < -0.39 is 17.8 Å². The maximum atomic E-state index is 13.6. The van der Waals surface area contributed by atoms with Crippen LogP contribution in [0.15, 0.2) is 88.8 Å². The number of anilines is 2. The molecule has 5 rings (SSSR count). The SMILES string of the molecule is CCOC(=O)c1c(NC(=O)CSc2nc3ccccc3c(=O)n2-c2ccc(C(C)C)cc2)sc(C(=O)Nc2ccccc2)c1C. The molecule has 0 unspecified atom stereocenters. The fraction of sp³-hybridized carbons (Fsp3) is 0.206. The third-order valence-electron chi connectivity index (χ3n) is 7.01. The summed E-state index contributed by atoms with van der Waals surface area (Å²) in [6.07, 6.45) is 0. The van der Waals surface area contributed by atoms with Crippen LogP contribution in [0.3, 0.4) is 0 Å². The molecule has 0 aliphatic heterocycles. The number of thiophene rings is 1. The van der Waals surface area contributed by atoms with Crippen LogP contribution >= 0.6 is 23.1 Å². The van der Waals surface area contributed by atoms with Crippen LogP contribution in [-0.4, -0.2) is 39.7 Å². The minimum atomic E-state index is -0.636. The van der Waals surface area contributed by atoms with Gasteiger partial charge in [-0.25, -0.2) is 9.78 Å². The Kier molecular flexibility index (Phi) is 9.80. The predicted octanol–water partition coefficient (Wildman–Crippen LogP) is 7.04. The lowest BCUT2D eigenvalue weighted by Crippen LogP contribution is -2.23. The van der Waals surface area contributed by atoms with E-state index in [1.54, 1.807) is 62.4 Å². The Labute approximate surface area is 268 Å². The molecule has 0 saturated heterocycles. The molecule has 0 aliphatic carbocycles. The number of thioether (sulfide) groups is 1. The van der Waals surface area contributed by atoms with E-state index in [4.69, 9.17) is 9.72 Å². The second-order valence-electron chi connectivity index (χ2n) is 10.4. The van der Waals surface area contributed by atoms with Gasteiger partial charge in [0.05, 0.1) is 39.4 Å². The number of nitrogens with zero attached hydrogens (tertiary/aromatic N) is 2. The summed E-state index contributed by atoms with van der Waals surface area (Å²) < 4.78 is 6.75. The summed E-state index contributed by atoms with van der Waals surface area (Å²) in [5, 5.41) is 6.64.